The summed E-state index contributed by atoms with van der Waals surface area (Å²) in [5, 5.41) is 10.8. The Hall–Kier alpha value is -2.11. The number of carbonyl (C=O) groups is 1. The van der Waals surface area contributed by atoms with E-state index in [4.69, 9.17) is 4.74 Å². The van der Waals surface area contributed by atoms with Crippen molar-refractivity contribution in [1.29, 1.82) is 0 Å². The predicted octanol–water partition coefficient (Wildman–Crippen LogP) is 1.98. The molecule has 0 radical (unpaired) electrons. The number of non-ortho nitro benzene ring substituents is 1. The molecule has 0 aromatic heterocycles. The molecule has 0 spiro atoms. The van der Waals surface area contributed by atoms with E-state index in [1.165, 1.54) is 25.3 Å². The minimum Gasteiger partial charge on any atom is -0.465 e. The van der Waals surface area contributed by atoms with Crippen molar-refractivity contribution in [1.82, 2.24) is 0 Å². The van der Waals surface area contributed by atoms with Crippen LogP contribution < -0.4 is 4.90 Å². The zero-order valence-corrected chi connectivity index (χ0v) is 10.1. The standard InChI is InChI=1S/C12H14N2O4/c1-18-12(15)10-5-4-9(14(16)17)8-11(10)13-6-2-3-7-13/h4-5,8H,2-3,6-7H2,1H3. The molecule has 6 nitrogen and oxygen atoms in total. The summed E-state index contributed by atoms with van der Waals surface area (Å²) in [6.07, 6.45) is 2.06. The maximum Gasteiger partial charge on any atom is 0.339 e. The van der Waals surface area contributed by atoms with Crippen molar-refractivity contribution in [2.24, 2.45) is 0 Å². The Balaban J connectivity index is 2.45. The lowest BCUT2D eigenvalue weighted by molar-refractivity contribution is -0.384. The fourth-order valence-electron chi connectivity index (χ4n) is 2.14. The van der Waals surface area contributed by atoms with Gasteiger partial charge < -0.3 is 9.64 Å². The van der Waals surface area contributed by atoms with Crippen LogP contribution in [0.1, 0.15) is 23.2 Å². The van der Waals surface area contributed by atoms with Crippen LogP contribution in [-0.4, -0.2) is 31.1 Å². The van der Waals surface area contributed by atoms with Crippen LogP contribution in [0.15, 0.2) is 18.2 Å². The van der Waals surface area contributed by atoms with Crippen LogP contribution in [0.3, 0.4) is 0 Å². The molecule has 6 heteroatoms. The number of hydrogen-bond donors (Lipinski definition) is 0. The number of nitrogens with zero attached hydrogens (tertiary/aromatic N) is 2. The van der Waals surface area contributed by atoms with Gasteiger partial charge in [-0.25, -0.2) is 4.79 Å². The lowest BCUT2D eigenvalue weighted by Crippen LogP contribution is -2.21. The molecule has 0 atom stereocenters. The first kappa shape index (κ1) is 12.3. The van der Waals surface area contributed by atoms with E-state index in [0.29, 0.717) is 11.3 Å². The molecule has 1 aliphatic rings. The van der Waals surface area contributed by atoms with Crippen molar-refractivity contribution in [2.75, 3.05) is 25.1 Å². The molecule has 1 aromatic rings. The first-order valence-electron chi connectivity index (χ1n) is 5.75. The molecular formula is C12H14N2O4. The Bertz CT molecular complexity index is 481. The number of esters is 1. The lowest BCUT2D eigenvalue weighted by atomic mass is 10.1. The molecule has 1 aromatic carbocycles. The molecule has 0 aliphatic carbocycles. The number of benzene rings is 1. The summed E-state index contributed by atoms with van der Waals surface area (Å²) >= 11 is 0. The maximum absolute atomic E-state index is 11.7. The number of carbonyl (C=O) groups excluding carboxylic acids is 1. The zero-order chi connectivity index (χ0) is 13.1. The topological polar surface area (TPSA) is 72.7 Å². The summed E-state index contributed by atoms with van der Waals surface area (Å²) in [6, 6.07) is 4.22. The number of nitro benzene ring substituents is 1. The van der Waals surface area contributed by atoms with E-state index in [1.807, 2.05) is 4.90 Å². The summed E-state index contributed by atoms with van der Waals surface area (Å²) in [5.74, 6) is -0.466. The molecule has 0 N–H and O–H groups in total. The number of nitro groups is 1. The summed E-state index contributed by atoms with van der Waals surface area (Å²) < 4.78 is 4.70. The number of hydrogen-bond acceptors (Lipinski definition) is 5. The van der Waals surface area contributed by atoms with Gasteiger partial charge in [-0.3, -0.25) is 10.1 Å². The molecule has 1 saturated heterocycles. The molecule has 2 rings (SSSR count). The molecule has 0 saturated carbocycles. The molecule has 0 bridgehead atoms. The van der Waals surface area contributed by atoms with E-state index in [1.54, 1.807) is 0 Å². The van der Waals surface area contributed by atoms with Gasteiger partial charge in [-0.05, 0) is 18.9 Å². The molecule has 1 fully saturated rings. The Morgan fingerprint density at radius 2 is 2.06 bits per heavy atom. The van der Waals surface area contributed by atoms with Crippen LogP contribution in [0.5, 0.6) is 0 Å². The van der Waals surface area contributed by atoms with E-state index in [0.717, 1.165) is 25.9 Å². The first-order valence-corrected chi connectivity index (χ1v) is 5.75. The molecule has 1 aliphatic heterocycles. The van der Waals surface area contributed by atoms with Gasteiger partial charge in [0.05, 0.1) is 23.3 Å². The highest BCUT2D eigenvalue weighted by Crippen LogP contribution is 2.29. The average molecular weight is 250 g/mol. The van der Waals surface area contributed by atoms with Gasteiger partial charge in [0.25, 0.3) is 5.69 Å². The van der Waals surface area contributed by atoms with Crippen LogP contribution in [0.4, 0.5) is 11.4 Å². The Morgan fingerprint density at radius 1 is 1.39 bits per heavy atom. The summed E-state index contributed by atoms with van der Waals surface area (Å²) in [7, 11) is 1.30. The van der Waals surface area contributed by atoms with Crippen LogP contribution in [0, 0.1) is 10.1 Å². The van der Waals surface area contributed by atoms with Crippen LogP contribution >= 0.6 is 0 Å². The Labute approximate surface area is 104 Å². The zero-order valence-electron chi connectivity index (χ0n) is 10.1. The minimum atomic E-state index is -0.466. The summed E-state index contributed by atoms with van der Waals surface area (Å²) in [6.45, 7) is 1.62. The summed E-state index contributed by atoms with van der Waals surface area (Å²) in [4.78, 5) is 24.0. The number of methoxy groups -OCH3 is 1. The van der Waals surface area contributed by atoms with Crippen molar-refractivity contribution in [3.05, 3.63) is 33.9 Å². The smallest absolute Gasteiger partial charge is 0.339 e. The van der Waals surface area contributed by atoms with Crippen LogP contribution in [-0.2, 0) is 4.74 Å². The molecule has 0 amide bonds. The Morgan fingerprint density at radius 3 is 2.61 bits per heavy atom. The van der Waals surface area contributed by atoms with Crippen molar-refractivity contribution < 1.29 is 14.5 Å². The third kappa shape index (κ3) is 2.27. The lowest BCUT2D eigenvalue weighted by Gasteiger charge is -2.20. The van der Waals surface area contributed by atoms with E-state index in [-0.39, 0.29) is 5.69 Å². The molecule has 96 valence electrons. The van der Waals surface area contributed by atoms with Crippen molar-refractivity contribution in [3.63, 3.8) is 0 Å². The van der Waals surface area contributed by atoms with E-state index < -0.39 is 10.9 Å². The third-order valence-corrected chi connectivity index (χ3v) is 3.04. The van der Waals surface area contributed by atoms with Gasteiger partial charge in [0.1, 0.15) is 0 Å². The highest BCUT2D eigenvalue weighted by atomic mass is 16.6. The average Bonchev–Trinajstić information content (AvgIpc) is 2.90. The number of ether oxygens (including phenoxy) is 1. The largest absolute Gasteiger partial charge is 0.465 e. The number of rotatable bonds is 3. The van der Waals surface area contributed by atoms with Crippen LogP contribution in [0.25, 0.3) is 0 Å². The first-order chi connectivity index (χ1) is 8.63. The SMILES string of the molecule is COC(=O)c1ccc([N+](=O)[O-])cc1N1CCCC1. The van der Waals surface area contributed by atoms with Gasteiger partial charge in [0.15, 0.2) is 0 Å². The van der Waals surface area contributed by atoms with Gasteiger partial charge in [0.2, 0.25) is 0 Å². The van der Waals surface area contributed by atoms with Crippen molar-refractivity contribution >= 4 is 17.3 Å². The van der Waals surface area contributed by atoms with Gasteiger partial charge >= 0.3 is 5.97 Å². The molecule has 0 unspecified atom stereocenters. The van der Waals surface area contributed by atoms with E-state index in [2.05, 4.69) is 0 Å². The van der Waals surface area contributed by atoms with E-state index in [9.17, 15) is 14.9 Å². The van der Waals surface area contributed by atoms with Crippen molar-refractivity contribution in [2.45, 2.75) is 12.8 Å². The van der Waals surface area contributed by atoms with E-state index >= 15 is 0 Å². The normalized spacial score (nSPS) is 14.6. The second kappa shape index (κ2) is 5.03. The van der Waals surface area contributed by atoms with Crippen molar-refractivity contribution in [3.8, 4) is 0 Å². The third-order valence-electron chi connectivity index (χ3n) is 3.04. The highest BCUT2D eigenvalue weighted by molar-refractivity contribution is 5.96. The molecular weight excluding hydrogens is 236 g/mol. The highest BCUT2D eigenvalue weighted by Gasteiger charge is 2.22. The quantitative estimate of drug-likeness (QED) is 0.466. The predicted molar refractivity (Wildman–Crippen MR) is 65.9 cm³/mol. The minimum absolute atomic E-state index is 0.00967. The van der Waals surface area contributed by atoms with Gasteiger partial charge in [0, 0.05) is 25.2 Å². The summed E-state index contributed by atoms with van der Waals surface area (Å²) in [5.41, 5.74) is 0.961. The molecule has 18 heavy (non-hydrogen) atoms. The fourth-order valence-corrected chi connectivity index (χ4v) is 2.14. The number of anilines is 1. The fraction of sp³-hybridized carbons (Fsp3) is 0.417. The Kier molecular flexibility index (Phi) is 3.45. The maximum atomic E-state index is 11.7. The second-order valence-electron chi connectivity index (χ2n) is 4.14. The van der Waals surface area contributed by atoms with Gasteiger partial charge in [-0.15, -0.1) is 0 Å². The molecule has 1 heterocycles. The second-order valence-corrected chi connectivity index (χ2v) is 4.14. The monoisotopic (exact) mass is 250 g/mol. The van der Waals surface area contributed by atoms with Crippen LogP contribution in [0.2, 0.25) is 0 Å². The van der Waals surface area contributed by atoms with Gasteiger partial charge in [-0.2, -0.15) is 0 Å². The van der Waals surface area contributed by atoms with Gasteiger partial charge in [-0.1, -0.05) is 0 Å².